The zero-order chi connectivity index (χ0) is 9.15. The quantitative estimate of drug-likeness (QED) is 0.637. The van der Waals surface area contributed by atoms with Crippen LogP contribution in [0.4, 0.5) is 0 Å². The van der Waals surface area contributed by atoms with Crippen molar-refractivity contribution < 1.29 is 5.11 Å². The molecule has 3 heteroatoms. The molecule has 0 aromatic rings. The molecule has 0 aliphatic carbocycles. The van der Waals surface area contributed by atoms with Crippen molar-refractivity contribution in [3.8, 4) is 0 Å². The average Bonchev–Trinajstić information content (AvgIpc) is 2.54. The summed E-state index contributed by atoms with van der Waals surface area (Å²) >= 11 is 0. The summed E-state index contributed by atoms with van der Waals surface area (Å²) in [5.74, 6) is 0. The third kappa shape index (κ3) is 2.03. The van der Waals surface area contributed by atoms with Crippen LogP contribution < -0.4 is 5.32 Å². The van der Waals surface area contributed by atoms with E-state index in [-0.39, 0.29) is 0 Å². The lowest BCUT2D eigenvalue weighted by molar-refractivity contribution is 0.0865. The first-order chi connectivity index (χ1) is 6.35. The Kier molecular flexibility index (Phi) is 2.86. The van der Waals surface area contributed by atoms with E-state index in [1.165, 1.54) is 45.4 Å². The van der Waals surface area contributed by atoms with Crippen LogP contribution in [0.1, 0.15) is 19.3 Å². The molecule has 0 saturated carbocycles. The summed E-state index contributed by atoms with van der Waals surface area (Å²) in [6, 6.07) is 0. The van der Waals surface area contributed by atoms with Crippen molar-refractivity contribution in [2.24, 2.45) is 5.41 Å². The highest BCUT2D eigenvalue weighted by atomic mass is 16.3. The summed E-state index contributed by atoms with van der Waals surface area (Å²) in [5.41, 5.74) is 0.549. The Morgan fingerprint density at radius 1 is 1.38 bits per heavy atom. The Morgan fingerprint density at radius 3 is 3.00 bits per heavy atom. The van der Waals surface area contributed by atoms with Crippen LogP contribution >= 0.6 is 0 Å². The number of aliphatic hydroxyl groups excluding tert-OH is 1. The molecule has 0 aromatic carbocycles. The first-order valence-corrected chi connectivity index (χ1v) is 5.39. The van der Waals surface area contributed by atoms with Gasteiger partial charge in [0.15, 0.2) is 0 Å². The van der Waals surface area contributed by atoms with Crippen molar-refractivity contribution in [2.45, 2.75) is 19.3 Å². The van der Waals surface area contributed by atoms with Crippen LogP contribution in [0.25, 0.3) is 0 Å². The van der Waals surface area contributed by atoms with Gasteiger partial charge in [0.2, 0.25) is 0 Å². The maximum Gasteiger partial charge on any atom is 0.0558 e. The molecular weight excluding hydrogens is 164 g/mol. The van der Waals surface area contributed by atoms with Crippen molar-refractivity contribution in [1.29, 1.82) is 0 Å². The summed E-state index contributed by atoms with van der Waals surface area (Å²) in [7, 11) is 0. The van der Waals surface area contributed by atoms with Crippen LogP contribution in [0, 0.1) is 5.41 Å². The first-order valence-electron chi connectivity index (χ1n) is 5.39. The summed E-state index contributed by atoms with van der Waals surface area (Å²) in [6.45, 7) is 5.93. The summed E-state index contributed by atoms with van der Waals surface area (Å²) in [4.78, 5) is 2.41. The molecule has 1 atom stereocenters. The van der Waals surface area contributed by atoms with Gasteiger partial charge in [0.25, 0.3) is 0 Å². The van der Waals surface area contributed by atoms with Crippen molar-refractivity contribution in [3.05, 3.63) is 0 Å². The van der Waals surface area contributed by atoms with Crippen molar-refractivity contribution >= 4 is 0 Å². The molecule has 0 bridgehead atoms. The van der Waals surface area contributed by atoms with E-state index in [2.05, 4.69) is 10.2 Å². The van der Waals surface area contributed by atoms with Gasteiger partial charge in [-0.25, -0.2) is 0 Å². The fourth-order valence-electron chi connectivity index (χ4n) is 2.79. The average molecular weight is 184 g/mol. The number of hydrogen-bond donors (Lipinski definition) is 2. The number of likely N-dealkylation sites (tertiary alicyclic amines) is 1. The number of β-amino-alcohol motifs (C(OH)–C–C–N with tert-alkyl or cyclic N) is 1. The molecule has 2 rings (SSSR count). The van der Waals surface area contributed by atoms with Gasteiger partial charge < -0.3 is 15.3 Å². The fourth-order valence-corrected chi connectivity index (χ4v) is 2.79. The Morgan fingerprint density at radius 2 is 2.31 bits per heavy atom. The van der Waals surface area contributed by atoms with Gasteiger partial charge in [0.05, 0.1) is 6.61 Å². The predicted octanol–water partition coefficient (Wildman–Crippen LogP) is 0.0542. The molecule has 13 heavy (non-hydrogen) atoms. The third-order valence-electron chi connectivity index (χ3n) is 3.49. The number of rotatable bonds is 2. The minimum atomic E-state index is 0.309. The van der Waals surface area contributed by atoms with Gasteiger partial charge in [-0.05, 0) is 37.8 Å². The van der Waals surface area contributed by atoms with E-state index in [4.69, 9.17) is 5.11 Å². The molecule has 2 fully saturated rings. The summed E-state index contributed by atoms with van der Waals surface area (Å²) < 4.78 is 0. The molecule has 2 N–H and O–H groups in total. The largest absolute Gasteiger partial charge is 0.395 e. The molecule has 2 aliphatic heterocycles. The second-order valence-electron chi connectivity index (χ2n) is 4.53. The number of aliphatic hydroxyl groups is 1. The predicted molar refractivity (Wildman–Crippen MR) is 52.7 cm³/mol. The van der Waals surface area contributed by atoms with E-state index in [0.717, 1.165) is 6.54 Å². The van der Waals surface area contributed by atoms with E-state index in [9.17, 15) is 0 Å². The molecule has 3 nitrogen and oxygen atoms in total. The molecule has 0 radical (unpaired) electrons. The topological polar surface area (TPSA) is 35.5 Å². The SMILES string of the molecule is OCCN1CCCC2(CCNC2)C1. The second kappa shape index (κ2) is 3.95. The van der Waals surface area contributed by atoms with Gasteiger partial charge in [-0.15, -0.1) is 0 Å². The molecule has 2 aliphatic rings. The molecule has 2 heterocycles. The normalized spacial score (nSPS) is 35.8. The first kappa shape index (κ1) is 9.44. The molecule has 1 spiro atoms. The Labute approximate surface area is 80.1 Å². The molecule has 0 amide bonds. The standard InChI is InChI=1S/C10H20N2O/c13-7-6-12-5-1-2-10(9-12)3-4-11-8-10/h11,13H,1-9H2. The summed E-state index contributed by atoms with van der Waals surface area (Å²) in [5, 5.41) is 12.3. The Balaban J connectivity index is 1.90. The minimum Gasteiger partial charge on any atom is -0.395 e. The molecule has 2 saturated heterocycles. The second-order valence-corrected chi connectivity index (χ2v) is 4.53. The lowest BCUT2D eigenvalue weighted by Gasteiger charge is -2.39. The molecular formula is C10H20N2O. The van der Waals surface area contributed by atoms with Gasteiger partial charge in [-0.2, -0.15) is 0 Å². The fraction of sp³-hybridized carbons (Fsp3) is 1.00. The smallest absolute Gasteiger partial charge is 0.0558 e. The third-order valence-corrected chi connectivity index (χ3v) is 3.49. The maximum atomic E-state index is 8.89. The number of piperidine rings is 1. The van der Waals surface area contributed by atoms with E-state index >= 15 is 0 Å². The zero-order valence-corrected chi connectivity index (χ0v) is 8.26. The van der Waals surface area contributed by atoms with Gasteiger partial charge in [0.1, 0.15) is 0 Å². The maximum absolute atomic E-state index is 8.89. The van der Waals surface area contributed by atoms with Gasteiger partial charge in [-0.3, -0.25) is 0 Å². The van der Waals surface area contributed by atoms with Crippen LogP contribution in [-0.4, -0.2) is 49.3 Å². The van der Waals surface area contributed by atoms with Gasteiger partial charge in [0, 0.05) is 19.6 Å². The molecule has 0 aromatic heterocycles. The van der Waals surface area contributed by atoms with Crippen molar-refractivity contribution in [3.63, 3.8) is 0 Å². The number of nitrogens with one attached hydrogen (secondary N) is 1. The van der Waals surface area contributed by atoms with Gasteiger partial charge >= 0.3 is 0 Å². The van der Waals surface area contributed by atoms with E-state index in [1.54, 1.807) is 0 Å². The van der Waals surface area contributed by atoms with E-state index in [1.807, 2.05) is 0 Å². The van der Waals surface area contributed by atoms with E-state index < -0.39 is 0 Å². The minimum absolute atomic E-state index is 0.309. The van der Waals surface area contributed by atoms with Crippen molar-refractivity contribution in [1.82, 2.24) is 10.2 Å². The molecule has 1 unspecified atom stereocenters. The number of nitrogens with zero attached hydrogens (tertiary/aromatic N) is 1. The Bertz CT molecular complexity index is 164. The van der Waals surface area contributed by atoms with Crippen LogP contribution in [0.3, 0.4) is 0 Å². The van der Waals surface area contributed by atoms with Crippen LogP contribution in [0.5, 0.6) is 0 Å². The highest BCUT2D eigenvalue weighted by molar-refractivity contribution is 4.93. The van der Waals surface area contributed by atoms with Crippen LogP contribution in [0.15, 0.2) is 0 Å². The highest BCUT2D eigenvalue weighted by Gasteiger charge is 2.37. The van der Waals surface area contributed by atoms with Gasteiger partial charge in [-0.1, -0.05) is 0 Å². The lowest BCUT2D eigenvalue weighted by Crippen LogP contribution is -2.45. The van der Waals surface area contributed by atoms with Crippen molar-refractivity contribution in [2.75, 3.05) is 39.3 Å². The monoisotopic (exact) mass is 184 g/mol. The molecule has 76 valence electrons. The lowest BCUT2D eigenvalue weighted by atomic mass is 9.79. The summed E-state index contributed by atoms with van der Waals surface area (Å²) in [6.07, 6.45) is 4.01. The van der Waals surface area contributed by atoms with E-state index in [0.29, 0.717) is 12.0 Å². The number of hydrogen-bond acceptors (Lipinski definition) is 3. The Hall–Kier alpha value is -0.120. The zero-order valence-electron chi connectivity index (χ0n) is 8.26. The highest BCUT2D eigenvalue weighted by Crippen LogP contribution is 2.35. The van der Waals surface area contributed by atoms with Crippen LogP contribution in [-0.2, 0) is 0 Å². The van der Waals surface area contributed by atoms with Crippen LogP contribution in [0.2, 0.25) is 0 Å².